The first-order chi connectivity index (χ1) is 11.6. The molecule has 2 aliphatic rings. The van der Waals surface area contributed by atoms with Gasteiger partial charge in [0.1, 0.15) is 0 Å². The van der Waals surface area contributed by atoms with Gasteiger partial charge in [0, 0.05) is 0 Å². The van der Waals surface area contributed by atoms with Crippen molar-refractivity contribution >= 4 is 0 Å². The molecule has 0 spiro atoms. The van der Waals surface area contributed by atoms with Crippen LogP contribution in [0.4, 0.5) is 0 Å². The second-order valence-corrected chi connectivity index (χ2v) is 6.90. The molecule has 2 saturated heterocycles. The van der Waals surface area contributed by atoms with Gasteiger partial charge in [-0.15, -0.1) is 0 Å². The minimum absolute atomic E-state index is 0.124. The van der Waals surface area contributed by atoms with Crippen LogP contribution in [0, 0.1) is 0 Å². The maximum absolute atomic E-state index is 6.29. The zero-order valence-electron chi connectivity index (χ0n) is 14.2. The summed E-state index contributed by atoms with van der Waals surface area (Å²) in [6.07, 6.45) is 0. The first-order valence-corrected chi connectivity index (χ1v) is 8.53. The van der Waals surface area contributed by atoms with Crippen molar-refractivity contribution in [3.8, 4) is 0 Å². The molecule has 0 bridgehead atoms. The largest absolute Gasteiger partial charge is 0.354 e. The lowest BCUT2D eigenvalue weighted by Crippen LogP contribution is -2.76. The van der Waals surface area contributed by atoms with Crippen LogP contribution in [-0.4, -0.2) is 24.7 Å². The van der Waals surface area contributed by atoms with E-state index in [0.29, 0.717) is 13.2 Å². The third kappa shape index (κ3) is 2.66. The first kappa shape index (κ1) is 15.8. The normalized spacial score (nSPS) is 36.1. The fraction of sp³-hybridized carbons (Fsp3) is 0.400. The Balaban J connectivity index is 1.55. The molecule has 0 amide bonds. The molecule has 0 saturated carbocycles. The summed E-state index contributed by atoms with van der Waals surface area (Å²) in [5, 5.41) is 7.30. The monoisotopic (exact) mass is 324 g/mol. The van der Waals surface area contributed by atoms with Gasteiger partial charge in [0.05, 0.1) is 25.3 Å². The zero-order valence-corrected chi connectivity index (χ0v) is 14.2. The Kier molecular flexibility index (Phi) is 3.93. The molecule has 126 valence electrons. The smallest absolute Gasteiger partial charge is 0.159 e. The topological polar surface area (TPSA) is 42.5 Å². The molecule has 2 fully saturated rings. The number of hydrogen-bond donors (Lipinski definition) is 2. The number of nitrogens with one attached hydrogen (secondary N) is 2. The Morgan fingerprint density at radius 2 is 1.08 bits per heavy atom. The highest BCUT2D eigenvalue weighted by molar-refractivity contribution is 5.23. The molecule has 4 rings (SSSR count). The SMILES string of the molecule is C[C@@]12N[C@@H](c3ccccc3)CO[C@]1(C)N[C@@H](c1ccccc1)CO2. The Bertz CT molecular complexity index is 632. The van der Waals surface area contributed by atoms with Crippen molar-refractivity contribution in [2.24, 2.45) is 0 Å². The summed E-state index contributed by atoms with van der Waals surface area (Å²) in [6.45, 7) is 5.34. The molecule has 2 aromatic carbocycles. The molecule has 2 heterocycles. The molecule has 24 heavy (non-hydrogen) atoms. The van der Waals surface area contributed by atoms with Crippen LogP contribution >= 0.6 is 0 Å². The molecule has 0 radical (unpaired) electrons. The van der Waals surface area contributed by atoms with Crippen LogP contribution in [0.1, 0.15) is 37.1 Å². The van der Waals surface area contributed by atoms with Crippen molar-refractivity contribution in [1.82, 2.24) is 10.6 Å². The highest BCUT2D eigenvalue weighted by Crippen LogP contribution is 2.39. The van der Waals surface area contributed by atoms with E-state index in [1.54, 1.807) is 0 Å². The number of rotatable bonds is 2. The molecule has 4 nitrogen and oxygen atoms in total. The second-order valence-electron chi connectivity index (χ2n) is 6.90. The van der Waals surface area contributed by atoms with Crippen molar-refractivity contribution in [3.05, 3.63) is 71.8 Å². The summed E-state index contributed by atoms with van der Waals surface area (Å²) < 4.78 is 12.6. The Morgan fingerprint density at radius 3 is 1.46 bits per heavy atom. The van der Waals surface area contributed by atoms with E-state index in [9.17, 15) is 0 Å². The molecule has 4 atom stereocenters. The van der Waals surface area contributed by atoms with Crippen molar-refractivity contribution in [2.75, 3.05) is 13.2 Å². The molecular weight excluding hydrogens is 300 g/mol. The Labute approximate surface area is 143 Å². The maximum atomic E-state index is 6.29. The first-order valence-electron chi connectivity index (χ1n) is 8.53. The molecule has 2 aromatic rings. The average molecular weight is 324 g/mol. The molecule has 2 aliphatic heterocycles. The van der Waals surface area contributed by atoms with Crippen LogP contribution in [0.3, 0.4) is 0 Å². The summed E-state index contributed by atoms with van der Waals surface area (Å²) >= 11 is 0. The number of ether oxygens (including phenoxy) is 2. The van der Waals surface area contributed by atoms with E-state index in [4.69, 9.17) is 9.47 Å². The number of hydrogen-bond acceptors (Lipinski definition) is 4. The third-order valence-corrected chi connectivity index (χ3v) is 5.29. The standard InChI is InChI=1S/C20H24N2O2/c1-19-20(2,22-18(13-23-19)16-11-7-4-8-12-16)24-14-17(21-19)15-9-5-3-6-10-15/h3-12,17-18,21-22H,13-14H2,1-2H3/t17-,18-,19+,20+/m1/s1. The van der Waals surface area contributed by atoms with Crippen molar-refractivity contribution in [1.29, 1.82) is 0 Å². The van der Waals surface area contributed by atoms with Crippen LogP contribution in [0.2, 0.25) is 0 Å². The summed E-state index contributed by atoms with van der Waals surface area (Å²) in [6, 6.07) is 21.0. The van der Waals surface area contributed by atoms with E-state index >= 15 is 0 Å². The molecular formula is C20H24N2O2. The van der Waals surface area contributed by atoms with Gasteiger partial charge in [-0.2, -0.15) is 0 Å². The lowest BCUT2D eigenvalue weighted by atomic mass is 9.92. The van der Waals surface area contributed by atoms with Crippen LogP contribution in [0.15, 0.2) is 60.7 Å². The fourth-order valence-corrected chi connectivity index (χ4v) is 3.61. The molecule has 2 N–H and O–H groups in total. The Hall–Kier alpha value is -1.72. The van der Waals surface area contributed by atoms with E-state index < -0.39 is 11.4 Å². The van der Waals surface area contributed by atoms with E-state index in [0.717, 1.165) is 0 Å². The van der Waals surface area contributed by atoms with Crippen molar-refractivity contribution in [3.63, 3.8) is 0 Å². The molecule has 4 heteroatoms. The van der Waals surface area contributed by atoms with E-state index in [1.807, 2.05) is 12.1 Å². The van der Waals surface area contributed by atoms with Gasteiger partial charge in [0.2, 0.25) is 0 Å². The van der Waals surface area contributed by atoms with E-state index in [2.05, 4.69) is 73.0 Å². The van der Waals surface area contributed by atoms with Gasteiger partial charge in [0.15, 0.2) is 11.4 Å². The third-order valence-electron chi connectivity index (χ3n) is 5.29. The number of morpholine rings is 2. The maximum Gasteiger partial charge on any atom is 0.159 e. The molecule has 0 aliphatic carbocycles. The predicted molar refractivity (Wildman–Crippen MR) is 93.4 cm³/mol. The minimum atomic E-state index is -0.586. The van der Waals surface area contributed by atoms with Crippen LogP contribution in [0.25, 0.3) is 0 Å². The van der Waals surface area contributed by atoms with E-state index in [-0.39, 0.29) is 12.1 Å². The van der Waals surface area contributed by atoms with Gasteiger partial charge in [-0.25, -0.2) is 0 Å². The summed E-state index contributed by atoms with van der Waals surface area (Å²) in [5.41, 5.74) is 1.26. The quantitative estimate of drug-likeness (QED) is 0.891. The second kappa shape index (κ2) is 5.97. The zero-order chi connectivity index (χ0) is 16.6. The van der Waals surface area contributed by atoms with E-state index in [1.165, 1.54) is 11.1 Å². The van der Waals surface area contributed by atoms with Crippen LogP contribution in [0.5, 0.6) is 0 Å². The highest BCUT2D eigenvalue weighted by atomic mass is 16.6. The Morgan fingerprint density at radius 1 is 0.708 bits per heavy atom. The lowest BCUT2D eigenvalue weighted by Gasteiger charge is -2.56. The van der Waals surface area contributed by atoms with Crippen LogP contribution in [-0.2, 0) is 9.47 Å². The van der Waals surface area contributed by atoms with Gasteiger partial charge in [-0.1, -0.05) is 60.7 Å². The van der Waals surface area contributed by atoms with Crippen molar-refractivity contribution < 1.29 is 9.47 Å². The van der Waals surface area contributed by atoms with Gasteiger partial charge < -0.3 is 9.47 Å². The lowest BCUT2D eigenvalue weighted by molar-refractivity contribution is -0.288. The fourth-order valence-electron chi connectivity index (χ4n) is 3.61. The molecule has 0 unspecified atom stereocenters. The van der Waals surface area contributed by atoms with Gasteiger partial charge in [0.25, 0.3) is 0 Å². The number of benzene rings is 2. The summed E-state index contributed by atoms with van der Waals surface area (Å²) in [4.78, 5) is 0. The van der Waals surface area contributed by atoms with Gasteiger partial charge in [-0.05, 0) is 25.0 Å². The number of fused-ring (bicyclic) bond motifs is 1. The summed E-state index contributed by atoms with van der Waals surface area (Å²) in [7, 11) is 0. The molecule has 0 aromatic heterocycles. The van der Waals surface area contributed by atoms with Crippen LogP contribution < -0.4 is 10.6 Å². The van der Waals surface area contributed by atoms with Gasteiger partial charge >= 0.3 is 0 Å². The predicted octanol–water partition coefficient (Wildman–Crippen LogP) is 3.14. The minimum Gasteiger partial charge on any atom is -0.354 e. The highest BCUT2D eigenvalue weighted by Gasteiger charge is 2.55. The average Bonchev–Trinajstić information content (AvgIpc) is 2.63. The van der Waals surface area contributed by atoms with Gasteiger partial charge in [-0.3, -0.25) is 10.6 Å². The van der Waals surface area contributed by atoms with Crippen molar-refractivity contribution in [2.45, 2.75) is 37.4 Å². The summed E-state index contributed by atoms with van der Waals surface area (Å²) in [5.74, 6) is 0.